The topological polar surface area (TPSA) is 83.6 Å². The summed E-state index contributed by atoms with van der Waals surface area (Å²) in [4.78, 5) is 2.26. The highest BCUT2D eigenvalue weighted by Crippen LogP contribution is 2.13. The van der Waals surface area contributed by atoms with Gasteiger partial charge in [0.05, 0.1) is 16.8 Å². The summed E-state index contributed by atoms with van der Waals surface area (Å²) in [6, 6.07) is 8.35. The first-order chi connectivity index (χ1) is 8.97. The van der Waals surface area contributed by atoms with Crippen LogP contribution in [0.3, 0.4) is 0 Å². The molecule has 1 saturated heterocycles. The van der Waals surface area contributed by atoms with Gasteiger partial charge in [-0.25, -0.2) is 8.42 Å². The van der Waals surface area contributed by atoms with Crippen LogP contribution in [0.15, 0.2) is 35.2 Å². The number of nitrogens with two attached hydrogens (primary N) is 1. The van der Waals surface area contributed by atoms with Gasteiger partial charge in [0.1, 0.15) is 0 Å². The standard InChI is InChI=1S/C13H20N2O3S/c14-11-8-12(16)10-15(9-11)6-7-19(17,18)13-4-2-1-3-5-13/h1-5,11-12,16H,6-10,14H2/t11-,12+/m0/s1. The van der Waals surface area contributed by atoms with Crippen molar-refractivity contribution in [2.45, 2.75) is 23.5 Å². The van der Waals surface area contributed by atoms with Crippen molar-refractivity contribution in [3.63, 3.8) is 0 Å². The molecule has 1 aromatic carbocycles. The Labute approximate surface area is 113 Å². The molecule has 0 spiro atoms. The van der Waals surface area contributed by atoms with Crippen LogP contribution in [0.25, 0.3) is 0 Å². The smallest absolute Gasteiger partial charge is 0.179 e. The number of piperidine rings is 1. The number of hydrogen-bond donors (Lipinski definition) is 2. The van der Waals surface area contributed by atoms with Gasteiger partial charge in [-0.05, 0) is 18.6 Å². The lowest BCUT2D eigenvalue weighted by Crippen LogP contribution is -2.50. The second-order valence-corrected chi connectivity index (χ2v) is 7.15. The van der Waals surface area contributed by atoms with E-state index in [1.807, 2.05) is 4.90 Å². The molecular weight excluding hydrogens is 264 g/mol. The number of β-amino-alcohol motifs (C(OH)–C–C–N with tert-alkyl or cyclic N) is 1. The third kappa shape index (κ3) is 4.01. The van der Waals surface area contributed by atoms with E-state index < -0.39 is 15.9 Å². The third-order valence-corrected chi connectivity index (χ3v) is 5.03. The summed E-state index contributed by atoms with van der Waals surface area (Å²) < 4.78 is 24.2. The minimum Gasteiger partial charge on any atom is -0.392 e. The van der Waals surface area contributed by atoms with Gasteiger partial charge < -0.3 is 10.8 Å². The van der Waals surface area contributed by atoms with Crippen LogP contribution in [0.2, 0.25) is 0 Å². The van der Waals surface area contributed by atoms with Gasteiger partial charge in [-0.3, -0.25) is 4.90 Å². The molecule has 5 nitrogen and oxygen atoms in total. The fraction of sp³-hybridized carbons (Fsp3) is 0.538. The number of hydrogen-bond acceptors (Lipinski definition) is 5. The van der Waals surface area contributed by atoms with Gasteiger partial charge in [-0.15, -0.1) is 0 Å². The van der Waals surface area contributed by atoms with E-state index >= 15 is 0 Å². The second kappa shape index (κ2) is 6.00. The Balaban J connectivity index is 1.95. The van der Waals surface area contributed by atoms with E-state index in [-0.39, 0.29) is 11.8 Å². The molecule has 0 unspecified atom stereocenters. The van der Waals surface area contributed by atoms with Crippen LogP contribution in [-0.4, -0.2) is 56.0 Å². The van der Waals surface area contributed by atoms with E-state index in [4.69, 9.17) is 5.73 Å². The molecule has 2 rings (SSSR count). The lowest BCUT2D eigenvalue weighted by atomic mass is 10.0. The van der Waals surface area contributed by atoms with Crippen LogP contribution >= 0.6 is 0 Å². The summed E-state index contributed by atoms with van der Waals surface area (Å²) in [5.74, 6) is 0.0520. The highest BCUT2D eigenvalue weighted by molar-refractivity contribution is 7.91. The minimum atomic E-state index is -3.26. The van der Waals surface area contributed by atoms with Gasteiger partial charge in [0, 0.05) is 25.7 Å². The van der Waals surface area contributed by atoms with Crippen molar-refractivity contribution in [3.05, 3.63) is 30.3 Å². The molecular formula is C13H20N2O3S. The Morgan fingerprint density at radius 2 is 1.95 bits per heavy atom. The van der Waals surface area contributed by atoms with Gasteiger partial charge in [0.2, 0.25) is 0 Å². The van der Waals surface area contributed by atoms with Crippen LogP contribution in [0.5, 0.6) is 0 Å². The number of likely N-dealkylation sites (tertiary alicyclic amines) is 1. The van der Waals surface area contributed by atoms with Crippen LogP contribution in [0, 0.1) is 0 Å². The Morgan fingerprint density at radius 1 is 1.26 bits per heavy atom. The summed E-state index contributed by atoms with van der Waals surface area (Å²) >= 11 is 0. The Bertz CT molecular complexity index is 494. The fourth-order valence-electron chi connectivity index (χ4n) is 2.38. The van der Waals surface area contributed by atoms with Crippen molar-refractivity contribution in [2.75, 3.05) is 25.4 Å². The van der Waals surface area contributed by atoms with E-state index in [1.165, 1.54) is 0 Å². The molecule has 0 aromatic heterocycles. The number of rotatable bonds is 4. The van der Waals surface area contributed by atoms with Crippen LogP contribution < -0.4 is 5.73 Å². The maximum absolute atomic E-state index is 12.1. The predicted molar refractivity (Wildman–Crippen MR) is 73.5 cm³/mol. The lowest BCUT2D eigenvalue weighted by Gasteiger charge is -2.33. The molecule has 1 heterocycles. The zero-order valence-corrected chi connectivity index (χ0v) is 11.6. The molecule has 1 aliphatic rings. The number of benzene rings is 1. The first-order valence-corrected chi connectivity index (χ1v) is 8.06. The summed E-state index contributed by atoms with van der Waals surface area (Å²) in [5.41, 5.74) is 5.81. The molecule has 0 saturated carbocycles. The molecule has 3 N–H and O–H groups in total. The molecule has 1 fully saturated rings. The predicted octanol–water partition coefficient (Wildman–Crippen LogP) is -0.146. The van der Waals surface area contributed by atoms with Gasteiger partial charge in [0.25, 0.3) is 0 Å². The van der Waals surface area contributed by atoms with Crippen molar-refractivity contribution in [1.29, 1.82) is 0 Å². The van der Waals surface area contributed by atoms with Crippen molar-refractivity contribution >= 4 is 9.84 Å². The maximum atomic E-state index is 12.1. The van der Waals surface area contributed by atoms with Gasteiger partial charge >= 0.3 is 0 Å². The summed E-state index contributed by atoms with van der Waals surface area (Å²) in [7, 11) is -3.26. The van der Waals surface area contributed by atoms with E-state index in [1.54, 1.807) is 30.3 Å². The SMILES string of the molecule is N[C@H]1C[C@@H](O)CN(CCS(=O)(=O)c2ccccc2)C1. The average molecular weight is 284 g/mol. The third-order valence-electron chi connectivity index (χ3n) is 3.32. The number of aliphatic hydroxyl groups excluding tert-OH is 1. The summed E-state index contributed by atoms with van der Waals surface area (Å²) in [6.07, 6.45) is 0.130. The Kier molecular flexibility index (Phi) is 4.57. The first-order valence-electron chi connectivity index (χ1n) is 6.41. The highest BCUT2D eigenvalue weighted by atomic mass is 32.2. The molecule has 0 aliphatic carbocycles. The summed E-state index contributed by atoms with van der Waals surface area (Å²) in [6.45, 7) is 1.54. The molecule has 0 bridgehead atoms. The van der Waals surface area contributed by atoms with Gasteiger partial charge in [-0.1, -0.05) is 18.2 Å². The fourth-order valence-corrected chi connectivity index (χ4v) is 3.69. The lowest BCUT2D eigenvalue weighted by molar-refractivity contribution is 0.0636. The van der Waals surface area contributed by atoms with Crippen molar-refractivity contribution in [1.82, 2.24) is 4.90 Å². The molecule has 0 amide bonds. The van der Waals surface area contributed by atoms with E-state index in [9.17, 15) is 13.5 Å². The van der Waals surface area contributed by atoms with Gasteiger partial charge in [0.15, 0.2) is 9.84 Å². The zero-order valence-electron chi connectivity index (χ0n) is 10.8. The van der Waals surface area contributed by atoms with Crippen molar-refractivity contribution < 1.29 is 13.5 Å². The second-order valence-electron chi connectivity index (χ2n) is 5.04. The largest absolute Gasteiger partial charge is 0.392 e. The molecule has 19 heavy (non-hydrogen) atoms. The highest BCUT2D eigenvalue weighted by Gasteiger charge is 2.24. The molecule has 106 valence electrons. The first kappa shape index (κ1) is 14.5. The van der Waals surface area contributed by atoms with E-state index in [0.29, 0.717) is 31.0 Å². The van der Waals surface area contributed by atoms with E-state index in [2.05, 4.69) is 0 Å². The number of aliphatic hydroxyl groups is 1. The maximum Gasteiger partial charge on any atom is 0.179 e. The normalized spacial score (nSPS) is 25.4. The van der Waals surface area contributed by atoms with Crippen LogP contribution in [-0.2, 0) is 9.84 Å². The van der Waals surface area contributed by atoms with E-state index in [0.717, 1.165) is 0 Å². The number of nitrogens with zero attached hydrogens (tertiary/aromatic N) is 1. The molecule has 0 radical (unpaired) electrons. The van der Waals surface area contributed by atoms with Crippen molar-refractivity contribution in [2.24, 2.45) is 5.73 Å². The molecule has 1 aliphatic heterocycles. The van der Waals surface area contributed by atoms with Crippen LogP contribution in [0.1, 0.15) is 6.42 Å². The van der Waals surface area contributed by atoms with Crippen molar-refractivity contribution in [3.8, 4) is 0 Å². The van der Waals surface area contributed by atoms with Crippen LogP contribution in [0.4, 0.5) is 0 Å². The van der Waals surface area contributed by atoms with Gasteiger partial charge in [-0.2, -0.15) is 0 Å². The molecule has 1 aromatic rings. The Hall–Kier alpha value is -0.950. The monoisotopic (exact) mass is 284 g/mol. The average Bonchev–Trinajstić information content (AvgIpc) is 2.37. The quantitative estimate of drug-likeness (QED) is 0.803. The molecule has 6 heteroatoms. The Morgan fingerprint density at radius 3 is 2.58 bits per heavy atom. The number of sulfone groups is 1. The minimum absolute atomic E-state index is 0.0520. The zero-order chi connectivity index (χ0) is 13.9. The molecule has 2 atom stereocenters. The summed E-state index contributed by atoms with van der Waals surface area (Å²) in [5, 5.41) is 9.63.